The average Bonchev–Trinajstić information content (AvgIpc) is 3.35. The Kier molecular flexibility index (Phi) is 4.65. The van der Waals surface area contributed by atoms with Crippen LogP contribution in [0.15, 0.2) is 28.8 Å². The maximum absolute atomic E-state index is 12.9. The third kappa shape index (κ3) is 3.44. The monoisotopic (exact) mass is 369 g/mol. The third-order valence-corrected chi connectivity index (χ3v) is 5.09. The first-order valence-corrected chi connectivity index (χ1v) is 9.26. The van der Waals surface area contributed by atoms with Gasteiger partial charge in [-0.15, -0.1) is 0 Å². The fraction of sp³-hybridized carbons (Fsp3) is 0.474. The van der Waals surface area contributed by atoms with Gasteiger partial charge in [-0.05, 0) is 38.4 Å². The molecule has 1 aliphatic carbocycles. The Balaban J connectivity index is 1.45. The Bertz CT molecular complexity index is 861. The van der Waals surface area contributed by atoms with Crippen LogP contribution in [0.5, 0.6) is 0 Å². The number of benzene rings is 1. The number of carbonyl (C=O) groups excluding carboxylic acids is 2. The molecule has 4 rings (SSSR count). The van der Waals surface area contributed by atoms with Crippen molar-refractivity contribution in [3.8, 4) is 0 Å². The molecule has 0 bridgehead atoms. The van der Waals surface area contributed by atoms with E-state index in [1.165, 1.54) is 0 Å². The van der Waals surface area contributed by atoms with Crippen molar-refractivity contribution in [1.29, 1.82) is 0 Å². The van der Waals surface area contributed by atoms with Crippen LogP contribution in [-0.2, 0) is 17.8 Å². The zero-order valence-electron chi connectivity index (χ0n) is 15.4. The van der Waals surface area contributed by atoms with Gasteiger partial charge < -0.3 is 20.1 Å². The van der Waals surface area contributed by atoms with E-state index in [-0.39, 0.29) is 30.4 Å². The lowest BCUT2D eigenvalue weighted by Gasteiger charge is -2.24. The van der Waals surface area contributed by atoms with E-state index >= 15 is 0 Å². The minimum atomic E-state index is -0.590. The molecule has 2 unspecified atom stereocenters. The summed E-state index contributed by atoms with van der Waals surface area (Å²) in [5, 5.41) is 9.91. The van der Waals surface area contributed by atoms with Gasteiger partial charge in [0.25, 0.3) is 5.91 Å². The Morgan fingerprint density at radius 1 is 1.37 bits per heavy atom. The number of aromatic nitrogens is 2. The first-order valence-electron chi connectivity index (χ1n) is 9.26. The number of nitrogens with one attached hydrogen (secondary N) is 2. The highest BCUT2D eigenvalue weighted by Gasteiger charge is 2.47. The van der Waals surface area contributed by atoms with Crippen molar-refractivity contribution >= 4 is 11.8 Å². The number of carbonyl (C=O) groups is 2. The molecule has 8 nitrogen and oxygen atoms in total. The fourth-order valence-corrected chi connectivity index (χ4v) is 3.41. The Labute approximate surface area is 157 Å². The molecule has 2 heterocycles. The summed E-state index contributed by atoms with van der Waals surface area (Å²) >= 11 is 0. The summed E-state index contributed by atoms with van der Waals surface area (Å²) in [7, 11) is 1.87. The minimum Gasteiger partial charge on any atom is -0.345 e. The van der Waals surface area contributed by atoms with Crippen LogP contribution in [0.3, 0.4) is 0 Å². The van der Waals surface area contributed by atoms with Gasteiger partial charge in [0, 0.05) is 24.1 Å². The smallest absolute Gasteiger partial charge is 0.255 e. The second-order valence-corrected chi connectivity index (χ2v) is 7.15. The SMILES string of the molecule is CNC(C)Cc1noc(CNC(=O)C2c3ccccc3C(=O)N2C2CC2)n1. The molecule has 2 atom stereocenters. The molecule has 2 aliphatic rings. The third-order valence-electron chi connectivity index (χ3n) is 5.09. The molecule has 2 aromatic rings. The lowest BCUT2D eigenvalue weighted by atomic mass is 10.0. The van der Waals surface area contributed by atoms with E-state index < -0.39 is 6.04 Å². The maximum Gasteiger partial charge on any atom is 0.255 e. The molecule has 1 aromatic heterocycles. The van der Waals surface area contributed by atoms with Crippen LogP contribution in [0.25, 0.3) is 0 Å². The topological polar surface area (TPSA) is 100 Å². The van der Waals surface area contributed by atoms with Crippen LogP contribution >= 0.6 is 0 Å². The van der Waals surface area contributed by atoms with Gasteiger partial charge in [0.15, 0.2) is 5.82 Å². The van der Waals surface area contributed by atoms with Crippen molar-refractivity contribution < 1.29 is 14.1 Å². The van der Waals surface area contributed by atoms with Gasteiger partial charge in [0.1, 0.15) is 6.04 Å². The van der Waals surface area contributed by atoms with Gasteiger partial charge in [-0.2, -0.15) is 4.98 Å². The molecule has 1 fully saturated rings. The average molecular weight is 369 g/mol. The van der Waals surface area contributed by atoms with Gasteiger partial charge in [-0.3, -0.25) is 9.59 Å². The van der Waals surface area contributed by atoms with Crippen molar-refractivity contribution in [2.24, 2.45) is 0 Å². The zero-order valence-corrected chi connectivity index (χ0v) is 15.4. The second kappa shape index (κ2) is 7.11. The molecule has 1 aromatic carbocycles. The van der Waals surface area contributed by atoms with E-state index in [0.29, 0.717) is 23.7 Å². The maximum atomic E-state index is 12.9. The molecule has 27 heavy (non-hydrogen) atoms. The Morgan fingerprint density at radius 2 is 2.15 bits per heavy atom. The second-order valence-electron chi connectivity index (χ2n) is 7.15. The predicted octanol–water partition coefficient (Wildman–Crippen LogP) is 1.20. The number of hydrogen-bond acceptors (Lipinski definition) is 6. The molecule has 0 radical (unpaired) electrons. The van der Waals surface area contributed by atoms with Gasteiger partial charge in [0.05, 0.1) is 6.54 Å². The minimum absolute atomic E-state index is 0.0608. The number of rotatable bonds is 7. The summed E-state index contributed by atoms with van der Waals surface area (Å²) in [5.74, 6) is 0.678. The molecule has 1 aliphatic heterocycles. The highest BCUT2D eigenvalue weighted by Crippen LogP contribution is 2.41. The first kappa shape index (κ1) is 17.7. The summed E-state index contributed by atoms with van der Waals surface area (Å²) in [6.45, 7) is 2.17. The fourth-order valence-electron chi connectivity index (χ4n) is 3.41. The highest BCUT2D eigenvalue weighted by molar-refractivity contribution is 6.05. The number of nitrogens with zero attached hydrogens (tertiary/aromatic N) is 3. The van der Waals surface area contributed by atoms with E-state index in [1.54, 1.807) is 11.0 Å². The number of likely N-dealkylation sites (N-methyl/N-ethyl adjacent to an activating group) is 1. The van der Waals surface area contributed by atoms with E-state index in [1.807, 2.05) is 32.2 Å². The zero-order chi connectivity index (χ0) is 19.0. The standard InChI is InChI=1S/C19H23N5O3/c1-11(20-2)9-15-22-16(27-23-15)10-21-18(25)17-13-5-3-4-6-14(13)19(26)24(17)12-7-8-12/h3-6,11-12,17,20H,7-10H2,1-2H3,(H,21,25). The van der Waals surface area contributed by atoms with Gasteiger partial charge >= 0.3 is 0 Å². The van der Waals surface area contributed by atoms with Gasteiger partial charge in [-0.25, -0.2) is 0 Å². The molecular weight excluding hydrogens is 346 g/mol. The molecule has 0 spiro atoms. The van der Waals surface area contributed by atoms with Crippen molar-refractivity contribution in [2.75, 3.05) is 7.05 Å². The van der Waals surface area contributed by atoms with Crippen LogP contribution in [-0.4, -0.2) is 46.0 Å². The van der Waals surface area contributed by atoms with Crippen molar-refractivity contribution in [2.45, 2.75) is 50.9 Å². The number of hydrogen-bond donors (Lipinski definition) is 2. The summed E-state index contributed by atoms with van der Waals surface area (Å²) in [5.41, 5.74) is 1.38. The molecule has 1 saturated carbocycles. The predicted molar refractivity (Wildman–Crippen MR) is 96.7 cm³/mol. The van der Waals surface area contributed by atoms with Crippen molar-refractivity contribution in [3.63, 3.8) is 0 Å². The lowest BCUT2D eigenvalue weighted by Crippen LogP contribution is -2.40. The van der Waals surface area contributed by atoms with Crippen molar-refractivity contribution in [1.82, 2.24) is 25.7 Å². The Morgan fingerprint density at radius 3 is 2.89 bits per heavy atom. The highest BCUT2D eigenvalue weighted by atomic mass is 16.5. The molecular formula is C19H23N5O3. The molecule has 142 valence electrons. The van der Waals surface area contributed by atoms with Gasteiger partial charge in [-0.1, -0.05) is 23.4 Å². The van der Waals surface area contributed by atoms with Crippen LogP contribution in [0.4, 0.5) is 0 Å². The van der Waals surface area contributed by atoms with Crippen molar-refractivity contribution in [3.05, 3.63) is 47.1 Å². The largest absolute Gasteiger partial charge is 0.345 e. The normalized spacial score (nSPS) is 19.9. The molecule has 2 amide bonds. The summed E-state index contributed by atoms with van der Waals surface area (Å²) in [4.78, 5) is 31.6. The summed E-state index contributed by atoms with van der Waals surface area (Å²) < 4.78 is 5.22. The lowest BCUT2D eigenvalue weighted by molar-refractivity contribution is -0.126. The van der Waals surface area contributed by atoms with E-state index in [0.717, 1.165) is 18.4 Å². The van der Waals surface area contributed by atoms with E-state index in [9.17, 15) is 9.59 Å². The van der Waals surface area contributed by atoms with Crippen LogP contribution in [0.1, 0.15) is 53.4 Å². The first-order chi connectivity index (χ1) is 13.1. The summed E-state index contributed by atoms with van der Waals surface area (Å²) in [6.07, 6.45) is 2.54. The van der Waals surface area contributed by atoms with Crippen LogP contribution in [0.2, 0.25) is 0 Å². The van der Waals surface area contributed by atoms with Gasteiger partial charge in [0.2, 0.25) is 11.8 Å². The quantitative estimate of drug-likeness (QED) is 0.761. The van der Waals surface area contributed by atoms with E-state index in [2.05, 4.69) is 20.8 Å². The molecule has 0 saturated heterocycles. The van der Waals surface area contributed by atoms with E-state index in [4.69, 9.17) is 4.52 Å². The van der Waals surface area contributed by atoms with Crippen LogP contribution in [0, 0.1) is 0 Å². The number of amides is 2. The van der Waals surface area contributed by atoms with Crippen LogP contribution < -0.4 is 10.6 Å². The molecule has 2 N–H and O–H groups in total. The summed E-state index contributed by atoms with van der Waals surface area (Å²) in [6, 6.07) is 7.12. The Hall–Kier alpha value is -2.74. The molecule has 8 heteroatoms. The number of fused-ring (bicyclic) bond motifs is 1.